The zero-order valence-corrected chi connectivity index (χ0v) is 7.72. The summed E-state index contributed by atoms with van der Waals surface area (Å²) in [4.78, 5) is 0. The van der Waals surface area contributed by atoms with Gasteiger partial charge in [0.25, 0.3) is 0 Å². The fraction of sp³-hybridized carbons (Fsp3) is 0.875. The van der Waals surface area contributed by atoms with E-state index in [9.17, 15) is 0 Å². The summed E-state index contributed by atoms with van der Waals surface area (Å²) in [6.45, 7) is 4.00. The Labute approximate surface area is 72.1 Å². The molecule has 2 rings (SSSR count). The zero-order chi connectivity index (χ0) is 5.98. The second-order valence-electron chi connectivity index (χ2n) is 2.91. The van der Waals surface area contributed by atoms with Crippen molar-refractivity contribution in [2.45, 2.75) is 33.1 Å². The minimum absolute atomic E-state index is 0. The summed E-state index contributed by atoms with van der Waals surface area (Å²) < 4.78 is 0. The number of hydrogen-bond acceptors (Lipinski definition) is 0. The van der Waals surface area contributed by atoms with Gasteiger partial charge in [0.05, 0.1) is 0 Å². The molecule has 0 N–H and O–H groups in total. The monoisotopic (exact) mass is 217 g/mol. The molecule has 9 heavy (non-hydrogen) atoms. The first-order valence-corrected chi connectivity index (χ1v) is 3.62. The number of fused-ring (bicyclic) bond motifs is 1. The van der Waals surface area contributed by atoms with Gasteiger partial charge < -0.3 is 6.42 Å². The fourth-order valence-corrected chi connectivity index (χ4v) is 1.18. The van der Waals surface area contributed by atoms with Gasteiger partial charge in [0.1, 0.15) is 0 Å². The van der Waals surface area contributed by atoms with E-state index < -0.39 is 0 Å². The van der Waals surface area contributed by atoms with E-state index in [1.165, 1.54) is 11.8 Å². The Balaban J connectivity index is 0.000000147. The third kappa shape index (κ3) is 2.83. The van der Waals surface area contributed by atoms with E-state index in [4.69, 9.17) is 0 Å². The third-order valence-corrected chi connectivity index (χ3v) is 1.98. The van der Waals surface area contributed by atoms with E-state index in [1.807, 2.05) is 20.3 Å². The van der Waals surface area contributed by atoms with E-state index in [0.29, 0.717) is 0 Å². The molecule has 0 saturated heterocycles. The molecule has 2 aliphatic rings. The Bertz CT molecular complexity index is 59.0. The first kappa shape index (κ1) is 9.66. The van der Waals surface area contributed by atoms with Crippen molar-refractivity contribution < 1.29 is 20.4 Å². The van der Waals surface area contributed by atoms with Crippen LogP contribution in [0.25, 0.3) is 0 Å². The van der Waals surface area contributed by atoms with E-state index in [-0.39, 0.29) is 20.4 Å². The molecule has 2 fully saturated rings. The molecule has 0 radical (unpaired) electrons. The second-order valence-corrected chi connectivity index (χ2v) is 2.91. The molecule has 0 nitrogen and oxygen atoms in total. The molecule has 0 aromatic carbocycles. The predicted octanol–water partition coefficient (Wildman–Crippen LogP) is 2.64. The molecule has 2 atom stereocenters. The molecule has 0 aromatic rings. The van der Waals surface area contributed by atoms with Crippen molar-refractivity contribution in [1.29, 1.82) is 0 Å². The Morgan fingerprint density at radius 1 is 1.11 bits per heavy atom. The Hall–Kier alpha value is 0.662. The van der Waals surface area contributed by atoms with Gasteiger partial charge in [-0.1, -0.05) is 0 Å². The molecule has 0 bridgehead atoms. The molecule has 58 valence electrons. The van der Waals surface area contributed by atoms with Crippen molar-refractivity contribution in [2.24, 2.45) is 11.8 Å². The van der Waals surface area contributed by atoms with Crippen molar-refractivity contribution in [1.82, 2.24) is 0 Å². The summed E-state index contributed by atoms with van der Waals surface area (Å²) in [6.07, 6.45) is 6.70. The minimum Gasteiger partial charge on any atom is -0.335 e. The molecular formula is C8H15Pd-. The molecular weight excluding hydrogens is 203 g/mol. The molecule has 2 aliphatic carbocycles. The SMILES string of the molecule is C1C[C@H]2CC12.C[CH-]C.[Pd]. The van der Waals surface area contributed by atoms with Crippen LogP contribution in [0.3, 0.4) is 0 Å². The van der Waals surface area contributed by atoms with Crippen LogP contribution in [0.5, 0.6) is 0 Å². The predicted molar refractivity (Wildman–Crippen MR) is 36.5 cm³/mol. The van der Waals surface area contributed by atoms with Crippen LogP contribution in [-0.2, 0) is 20.4 Å². The number of rotatable bonds is 0. The van der Waals surface area contributed by atoms with Gasteiger partial charge in [0, 0.05) is 20.4 Å². The van der Waals surface area contributed by atoms with Gasteiger partial charge in [0.15, 0.2) is 0 Å². The van der Waals surface area contributed by atoms with Crippen molar-refractivity contribution >= 4 is 0 Å². The maximum Gasteiger partial charge on any atom is 0 e. The summed E-state index contributed by atoms with van der Waals surface area (Å²) >= 11 is 0. The maximum absolute atomic E-state index is 2.00. The molecule has 0 heterocycles. The first-order valence-electron chi connectivity index (χ1n) is 3.62. The summed E-state index contributed by atoms with van der Waals surface area (Å²) in [5.41, 5.74) is 0. The van der Waals surface area contributed by atoms with E-state index in [2.05, 4.69) is 0 Å². The van der Waals surface area contributed by atoms with Crippen molar-refractivity contribution in [3.63, 3.8) is 0 Å². The zero-order valence-electron chi connectivity index (χ0n) is 6.17. The Kier molecular flexibility index (Phi) is 4.80. The number of hydrogen-bond donors (Lipinski definition) is 0. The first-order chi connectivity index (χ1) is 3.88. The van der Waals surface area contributed by atoms with Crippen molar-refractivity contribution in [3.8, 4) is 0 Å². The maximum atomic E-state index is 2.00. The van der Waals surface area contributed by atoms with Crippen LogP contribution >= 0.6 is 0 Å². The average Bonchev–Trinajstić information content (AvgIpc) is 2.16. The van der Waals surface area contributed by atoms with Crippen LogP contribution < -0.4 is 0 Å². The van der Waals surface area contributed by atoms with E-state index in [0.717, 1.165) is 0 Å². The van der Waals surface area contributed by atoms with Crippen molar-refractivity contribution in [2.75, 3.05) is 0 Å². The van der Waals surface area contributed by atoms with E-state index >= 15 is 0 Å². The van der Waals surface area contributed by atoms with Gasteiger partial charge in [-0.05, 0) is 31.1 Å². The molecule has 1 heteroatoms. The van der Waals surface area contributed by atoms with Crippen LogP contribution in [0.4, 0.5) is 0 Å². The van der Waals surface area contributed by atoms with Crippen LogP contribution in [0.1, 0.15) is 33.1 Å². The fourth-order valence-electron chi connectivity index (χ4n) is 1.18. The van der Waals surface area contributed by atoms with Gasteiger partial charge in [0.2, 0.25) is 0 Å². The van der Waals surface area contributed by atoms with Crippen molar-refractivity contribution in [3.05, 3.63) is 6.42 Å². The van der Waals surface area contributed by atoms with Gasteiger partial charge >= 0.3 is 0 Å². The van der Waals surface area contributed by atoms with Gasteiger partial charge in [-0.2, -0.15) is 13.8 Å². The molecule has 2 saturated carbocycles. The van der Waals surface area contributed by atoms with Gasteiger partial charge in [-0.25, -0.2) is 0 Å². The van der Waals surface area contributed by atoms with Gasteiger partial charge in [-0.3, -0.25) is 0 Å². The largest absolute Gasteiger partial charge is 0.335 e. The minimum atomic E-state index is 0. The Morgan fingerprint density at radius 3 is 1.44 bits per heavy atom. The van der Waals surface area contributed by atoms with Crippen LogP contribution in [-0.4, -0.2) is 0 Å². The summed E-state index contributed by atoms with van der Waals surface area (Å²) in [5, 5.41) is 0. The average molecular weight is 218 g/mol. The molecule has 0 amide bonds. The summed E-state index contributed by atoms with van der Waals surface area (Å²) in [5.74, 6) is 2.46. The summed E-state index contributed by atoms with van der Waals surface area (Å²) in [6, 6.07) is 0. The van der Waals surface area contributed by atoms with E-state index in [1.54, 1.807) is 19.3 Å². The second kappa shape index (κ2) is 4.47. The third-order valence-electron chi connectivity index (χ3n) is 1.98. The molecule has 0 aromatic heterocycles. The molecule has 0 spiro atoms. The van der Waals surface area contributed by atoms with Crippen LogP contribution in [0.15, 0.2) is 0 Å². The molecule has 1 unspecified atom stereocenters. The van der Waals surface area contributed by atoms with Gasteiger partial charge in [-0.15, -0.1) is 0 Å². The smallest absolute Gasteiger partial charge is 0 e. The Morgan fingerprint density at radius 2 is 1.44 bits per heavy atom. The van der Waals surface area contributed by atoms with Crippen LogP contribution in [0, 0.1) is 18.3 Å². The standard InChI is InChI=1S/C5H8.C3H7.Pd/c1-2-5-3-4(1)5;1-3-2;/h4-5H,1-3H2;3H,1-2H3;/q;-1;/t4-,5?;;/m0../s1. The quantitative estimate of drug-likeness (QED) is 0.432. The normalized spacial score (nSPS) is 34.0. The molecule has 0 aliphatic heterocycles. The summed E-state index contributed by atoms with van der Waals surface area (Å²) in [7, 11) is 0. The topological polar surface area (TPSA) is 0 Å². The van der Waals surface area contributed by atoms with Crippen LogP contribution in [0.2, 0.25) is 0 Å².